The SMILES string of the molecule is CCNC(=S)Nc1ccc(S(=O)(=O)Nc2ccc(OC)cc2)cc1OC. The van der Waals surface area contributed by atoms with E-state index in [1.54, 1.807) is 37.4 Å². The highest BCUT2D eigenvalue weighted by Gasteiger charge is 2.17. The maximum absolute atomic E-state index is 12.6. The van der Waals surface area contributed by atoms with Crippen molar-refractivity contribution in [3.05, 3.63) is 42.5 Å². The van der Waals surface area contributed by atoms with Crippen molar-refractivity contribution in [2.75, 3.05) is 30.8 Å². The molecular weight excluding hydrogens is 374 g/mol. The highest BCUT2D eigenvalue weighted by molar-refractivity contribution is 7.92. The summed E-state index contributed by atoms with van der Waals surface area (Å²) in [7, 11) is -0.761. The van der Waals surface area contributed by atoms with Crippen LogP contribution in [0.2, 0.25) is 0 Å². The Labute approximate surface area is 158 Å². The first kappa shape index (κ1) is 19.8. The summed E-state index contributed by atoms with van der Waals surface area (Å²) in [6.45, 7) is 2.60. The number of anilines is 2. The van der Waals surface area contributed by atoms with E-state index in [9.17, 15) is 8.42 Å². The lowest BCUT2D eigenvalue weighted by molar-refractivity contribution is 0.415. The number of hydrogen-bond acceptors (Lipinski definition) is 5. The van der Waals surface area contributed by atoms with E-state index in [4.69, 9.17) is 21.7 Å². The molecule has 2 aromatic rings. The molecule has 0 spiro atoms. The Balaban J connectivity index is 2.24. The molecule has 0 unspecified atom stereocenters. The first-order chi connectivity index (χ1) is 12.4. The summed E-state index contributed by atoms with van der Waals surface area (Å²) in [5, 5.41) is 6.35. The second-order valence-corrected chi connectivity index (χ2v) is 7.27. The average Bonchev–Trinajstić information content (AvgIpc) is 2.62. The Bertz CT molecular complexity index is 868. The third-order valence-corrected chi connectivity index (χ3v) is 5.04. The van der Waals surface area contributed by atoms with Gasteiger partial charge in [-0.15, -0.1) is 0 Å². The number of rotatable bonds is 7. The molecule has 0 heterocycles. The monoisotopic (exact) mass is 395 g/mol. The van der Waals surface area contributed by atoms with E-state index in [1.165, 1.54) is 19.2 Å². The molecule has 0 saturated heterocycles. The summed E-state index contributed by atoms with van der Waals surface area (Å²) in [6, 6.07) is 11.1. The third-order valence-electron chi connectivity index (χ3n) is 3.41. The normalized spacial score (nSPS) is 10.7. The molecule has 2 aromatic carbocycles. The fraction of sp³-hybridized carbons (Fsp3) is 0.235. The van der Waals surface area contributed by atoms with Crippen LogP contribution in [0.3, 0.4) is 0 Å². The second-order valence-electron chi connectivity index (χ2n) is 5.18. The van der Waals surface area contributed by atoms with Gasteiger partial charge in [-0.2, -0.15) is 0 Å². The predicted octanol–water partition coefficient (Wildman–Crippen LogP) is 2.81. The number of hydrogen-bond donors (Lipinski definition) is 3. The van der Waals surface area contributed by atoms with Gasteiger partial charge < -0.3 is 20.1 Å². The van der Waals surface area contributed by atoms with Gasteiger partial charge in [0.05, 0.1) is 24.8 Å². The molecule has 140 valence electrons. The zero-order chi connectivity index (χ0) is 19.2. The fourth-order valence-electron chi connectivity index (χ4n) is 2.14. The molecule has 0 amide bonds. The molecule has 9 heteroatoms. The van der Waals surface area contributed by atoms with Gasteiger partial charge in [-0.25, -0.2) is 8.42 Å². The highest BCUT2D eigenvalue weighted by Crippen LogP contribution is 2.28. The fourth-order valence-corrected chi connectivity index (χ4v) is 3.47. The Hall–Kier alpha value is -2.52. The van der Waals surface area contributed by atoms with Crippen molar-refractivity contribution in [3.63, 3.8) is 0 Å². The van der Waals surface area contributed by atoms with Gasteiger partial charge in [0.15, 0.2) is 5.11 Å². The highest BCUT2D eigenvalue weighted by atomic mass is 32.2. The zero-order valence-electron chi connectivity index (χ0n) is 14.7. The number of ether oxygens (including phenoxy) is 2. The summed E-state index contributed by atoms with van der Waals surface area (Å²) in [5.41, 5.74) is 1.00. The van der Waals surface area contributed by atoms with Gasteiger partial charge in [0, 0.05) is 18.3 Å². The standard InChI is InChI=1S/C17H21N3O4S2/c1-4-18-17(25)19-15-10-9-14(11-16(15)24-3)26(21,22)20-12-5-7-13(23-2)8-6-12/h5-11,20H,4H2,1-3H3,(H2,18,19,25). The lowest BCUT2D eigenvalue weighted by atomic mass is 10.3. The van der Waals surface area contributed by atoms with Gasteiger partial charge in [0.25, 0.3) is 10.0 Å². The van der Waals surface area contributed by atoms with Crippen LogP contribution in [-0.4, -0.2) is 34.3 Å². The molecule has 0 bridgehead atoms. The van der Waals surface area contributed by atoms with E-state index in [2.05, 4.69) is 15.4 Å². The molecule has 3 N–H and O–H groups in total. The molecule has 0 aliphatic rings. The average molecular weight is 396 g/mol. The van der Waals surface area contributed by atoms with Crippen molar-refractivity contribution in [1.29, 1.82) is 0 Å². The molecule has 0 atom stereocenters. The summed E-state index contributed by atoms with van der Waals surface area (Å²) in [4.78, 5) is 0.0742. The largest absolute Gasteiger partial charge is 0.497 e. The summed E-state index contributed by atoms with van der Waals surface area (Å²) in [5.74, 6) is 1.00. The van der Waals surface area contributed by atoms with Gasteiger partial charge in [0.2, 0.25) is 0 Å². The van der Waals surface area contributed by atoms with Crippen molar-refractivity contribution < 1.29 is 17.9 Å². The molecule has 0 aromatic heterocycles. The van der Waals surface area contributed by atoms with E-state index in [0.717, 1.165) is 0 Å². The van der Waals surface area contributed by atoms with Crippen LogP contribution >= 0.6 is 12.2 Å². The molecule has 0 aliphatic heterocycles. The quantitative estimate of drug-likeness (QED) is 0.621. The number of nitrogens with one attached hydrogen (secondary N) is 3. The van der Waals surface area contributed by atoms with Gasteiger partial charge in [0.1, 0.15) is 11.5 Å². The lowest BCUT2D eigenvalue weighted by Gasteiger charge is -2.14. The maximum atomic E-state index is 12.6. The smallest absolute Gasteiger partial charge is 0.262 e. The van der Waals surface area contributed by atoms with Crippen LogP contribution in [0.5, 0.6) is 11.5 Å². The van der Waals surface area contributed by atoms with E-state index >= 15 is 0 Å². The minimum absolute atomic E-state index is 0.0742. The van der Waals surface area contributed by atoms with Crippen LogP contribution in [-0.2, 0) is 10.0 Å². The van der Waals surface area contributed by atoms with Crippen molar-refractivity contribution in [3.8, 4) is 11.5 Å². The molecule has 0 saturated carbocycles. The number of sulfonamides is 1. The molecule has 0 aliphatic carbocycles. The lowest BCUT2D eigenvalue weighted by Crippen LogP contribution is -2.28. The van der Waals surface area contributed by atoms with E-state index in [-0.39, 0.29) is 4.90 Å². The Morgan fingerprint density at radius 3 is 2.35 bits per heavy atom. The Morgan fingerprint density at radius 1 is 1.08 bits per heavy atom. The molecule has 0 radical (unpaired) electrons. The molecule has 7 nitrogen and oxygen atoms in total. The predicted molar refractivity (Wildman–Crippen MR) is 107 cm³/mol. The zero-order valence-corrected chi connectivity index (χ0v) is 16.3. The van der Waals surface area contributed by atoms with E-state index in [1.807, 2.05) is 6.92 Å². The first-order valence-corrected chi connectivity index (χ1v) is 9.68. The van der Waals surface area contributed by atoms with Crippen LogP contribution in [0.1, 0.15) is 6.92 Å². The van der Waals surface area contributed by atoms with Gasteiger partial charge >= 0.3 is 0 Å². The van der Waals surface area contributed by atoms with Gasteiger partial charge in [-0.05, 0) is 55.5 Å². The summed E-state index contributed by atoms with van der Waals surface area (Å²) < 4.78 is 38.1. The van der Waals surface area contributed by atoms with Gasteiger partial charge in [-0.1, -0.05) is 0 Å². The third kappa shape index (κ3) is 4.99. The van der Waals surface area contributed by atoms with Gasteiger partial charge in [-0.3, -0.25) is 4.72 Å². The van der Waals surface area contributed by atoms with Crippen molar-refractivity contribution in [2.45, 2.75) is 11.8 Å². The second kappa shape index (κ2) is 8.72. The van der Waals surface area contributed by atoms with Crippen LogP contribution in [0.15, 0.2) is 47.4 Å². The molecule has 0 fully saturated rings. The van der Waals surface area contributed by atoms with Crippen LogP contribution < -0.4 is 24.8 Å². The van der Waals surface area contributed by atoms with Crippen LogP contribution in [0.4, 0.5) is 11.4 Å². The number of methoxy groups -OCH3 is 2. The number of thiocarbonyl (C=S) groups is 1. The molecular formula is C17H21N3O4S2. The minimum atomic E-state index is -3.77. The van der Waals surface area contributed by atoms with Crippen molar-refractivity contribution >= 4 is 38.7 Å². The summed E-state index contributed by atoms with van der Waals surface area (Å²) in [6.07, 6.45) is 0. The minimum Gasteiger partial charge on any atom is -0.497 e. The van der Waals surface area contributed by atoms with E-state index < -0.39 is 10.0 Å². The summed E-state index contributed by atoms with van der Waals surface area (Å²) >= 11 is 5.14. The van der Waals surface area contributed by atoms with Crippen LogP contribution in [0.25, 0.3) is 0 Å². The van der Waals surface area contributed by atoms with E-state index in [0.29, 0.717) is 34.5 Å². The Kier molecular flexibility index (Phi) is 6.64. The molecule has 26 heavy (non-hydrogen) atoms. The van der Waals surface area contributed by atoms with Crippen molar-refractivity contribution in [2.24, 2.45) is 0 Å². The van der Waals surface area contributed by atoms with Crippen LogP contribution in [0, 0.1) is 0 Å². The van der Waals surface area contributed by atoms with Crippen molar-refractivity contribution in [1.82, 2.24) is 5.32 Å². The first-order valence-electron chi connectivity index (χ1n) is 7.79. The Morgan fingerprint density at radius 2 is 1.77 bits per heavy atom. The molecule has 2 rings (SSSR count). The topological polar surface area (TPSA) is 88.7 Å². The maximum Gasteiger partial charge on any atom is 0.262 e. The number of benzene rings is 2.